The number of amides is 1. The second kappa shape index (κ2) is 6.34. The van der Waals surface area contributed by atoms with Crippen LogP contribution >= 0.6 is 11.6 Å². The van der Waals surface area contributed by atoms with Gasteiger partial charge in [-0.3, -0.25) is 9.78 Å². The van der Waals surface area contributed by atoms with Crippen LogP contribution in [0.5, 0.6) is 0 Å². The molecule has 2 aromatic heterocycles. The van der Waals surface area contributed by atoms with Crippen molar-refractivity contribution >= 4 is 29.0 Å². The van der Waals surface area contributed by atoms with Crippen molar-refractivity contribution in [1.29, 1.82) is 0 Å². The second-order valence-electron chi connectivity index (χ2n) is 4.16. The van der Waals surface area contributed by atoms with Gasteiger partial charge in [0, 0.05) is 37.2 Å². The molecule has 0 aliphatic carbocycles. The first-order valence-electron chi connectivity index (χ1n) is 6.21. The summed E-state index contributed by atoms with van der Waals surface area (Å²) in [5.41, 5.74) is 1.25. The zero-order valence-corrected chi connectivity index (χ0v) is 12.1. The molecule has 0 spiro atoms. The Labute approximate surface area is 122 Å². The lowest BCUT2D eigenvalue weighted by Gasteiger charge is -2.17. The first-order chi connectivity index (χ1) is 9.61. The van der Waals surface area contributed by atoms with Crippen molar-refractivity contribution < 1.29 is 4.79 Å². The Kier molecular flexibility index (Phi) is 4.53. The standard InChI is InChI=1S/C14H15ClN4O/c1-3-17-13-9-10(8-12(15)18-13)14(20)19(2)11-4-6-16-7-5-11/h4-9H,3H2,1-2H3,(H,17,18). The zero-order valence-electron chi connectivity index (χ0n) is 11.3. The lowest BCUT2D eigenvalue weighted by molar-refractivity contribution is 0.0993. The Morgan fingerprint density at radius 2 is 2.05 bits per heavy atom. The van der Waals surface area contributed by atoms with Crippen LogP contribution in [0.2, 0.25) is 5.15 Å². The number of nitrogens with one attached hydrogen (secondary N) is 1. The van der Waals surface area contributed by atoms with E-state index in [-0.39, 0.29) is 11.1 Å². The number of hydrogen-bond donors (Lipinski definition) is 1. The van der Waals surface area contributed by atoms with Crippen LogP contribution in [-0.4, -0.2) is 29.5 Å². The van der Waals surface area contributed by atoms with Crippen molar-refractivity contribution in [3.63, 3.8) is 0 Å². The number of anilines is 2. The number of rotatable bonds is 4. The molecule has 0 aromatic carbocycles. The van der Waals surface area contributed by atoms with E-state index in [4.69, 9.17) is 11.6 Å². The fourth-order valence-electron chi connectivity index (χ4n) is 1.77. The molecule has 0 unspecified atom stereocenters. The number of hydrogen-bond acceptors (Lipinski definition) is 4. The number of pyridine rings is 2. The summed E-state index contributed by atoms with van der Waals surface area (Å²) < 4.78 is 0. The first kappa shape index (κ1) is 14.3. The summed E-state index contributed by atoms with van der Waals surface area (Å²) in [5.74, 6) is 0.436. The quantitative estimate of drug-likeness (QED) is 0.880. The highest BCUT2D eigenvalue weighted by Crippen LogP contribution is 2.19. The topological polar surface area (TPSA) is 58.1 Å². The molecule has 5 nitrogen and oxygen atoms in total. The highest BCUT2D eigenvalue weighted by atomic mass is 35.5. The normalized spacial score (nSPS) is 10.2. The molecule has 20 heavy (non-hydrogen) atoms. The van der Waals surface area contributed by atoms with E-state index in [0.717, 1.165) is 5.69 Å². The average molecular weight is 291 g/mol. The van der Waals surface area contributed by atoms with Gasteiger partial charge in [-0.1, -0.05) is 11.6 Å². The molecule has 0 radical (unpaired) electrons. The highest BCUT2D eigenvalue weighted by molar-refractivity contribution is 6.30. The number of aromatic nitrogens is 2. The molecular weight excluding hydrogens is 276 g/mol. The molecule has 0 saturated carbocycles. The van der Waals surface area contributed by atoms with Crippen LogP contribution in [0.1, 0.15) is 17.3 Å². The van der Waals surface area contributed by atoms with E-state index in [9.17, 15) is 4.79 Å². The predicted octanol–water partition coefficient (Wildman–Crippen LogP) is 2.84. The third-order valence-electron chi connectivity index (χ3n) is 2.75. The predicted molar refractivity (Wildman–Crippen MR) is 80.4 cm³/mol. The Morgan fingerprint density at radius 1 is 1.35 bits per heavy atom. The second-order valence-corrected chi connectivity index (χ2v) is 4.55. The number of carbonyl (C=O) groups is 1. The molecular formula is C14H15ClN4O. The lowest BCUT2D eigenvalue weighted by atomic mass is 10.2. The summed E-state index contributed by atoms with van der Waals surface area (Å²) in [6, 6.07) is 6.79. The van der Waals surface area contributed by atoms with Gasteiger partial charge < -0.3 is 10.2 Å². The van der Waals surface area contributed by atoms with Gasteiger partial charge in [-0.2, -0.15) is 0 Å². The Hall–Kier alpha value is -2.14. The minimum absolute atomic E-state index is 0.153. The van der Waals surface area contributed by atoms with Crippen molar-refractivity contribution in [1.82, 2.24) is 9.97 Å². The van der Waals surface area contributed by atoms with Crippen LogP contribution in [0.15, 0.2) is 36.7 Å². The van der Waals surface area contributed by atoms with Gasteiger partial charge in [0.2, 0.25) is 0 Å². The third-order valence-corrected chi connectivity index (χ3v) is 2.95. The molecule has 0 fully saturated rings. The summed E-state index contributed by atoms with van der Waals surface area (Å²) in [6.07, 6.45) is 3.28. The van der Waals surface area contributed by atoms with E-state index >= 15 is 0 Å². The largest absolute Gasteiger partial charge is 0.370 e. The molecule has 1 N–H and O–H groups in total. The molecule has 2 rings (SSSR count). The van der Waals surface area contributed by atoms with Gasteiger partial charge in [0.25, 0.3) is 5.91 Å². The Bertz CT molecular complexity index is 603. The fourth-order valence-corrected chi connectivity index (χ4v) is 1.98. The number of nitrogens with zero attached hydrogens (tertiary/aromatic N) is 3. The first-order valence-corrected chi connectivity index (χ1v) is 6.59. The van der Waals surface area contributed by atoms with Crippen molar-refractivity contribution in [2.24, 2.45) is 0 Å². The van der Waals surface area contributed by atoms with Gasteiger partial charge in [0.15, 0.2) is 0 Å². The fraction of sp³-hybridized carbons (Fsp3) is 0.214. The molecule has 2 aromatic rings. The van der Waals surface area contributed by atoms with Crippen molar-refractivity contribution in [3.05, 3.63) is 47.4 Å². The molecule has 2 heterocycles. The number of carbonyl (C=O) groups excluding carboxylic acids is 1. The van der Waals surface area contributed by atoms with Gasteiger partial charge in [0.05, 0.1) is 0 Å². The van der Waals surface area contributed by atoms with Gasteiger partial charge in [0.1, 0.15) is 11.0 Å². The van der Waals surface area contributed by atoms with E-state index in [1.165, 1.54) is 0 Å². The maximum atomic E-state index is 12.4. The summed E-state index contributed by atoms with van der Waals surface area (Å²) >= 11 is 5.95. The summed E-state index contributed by atoms with van der Waals surface area (Å²) in [4.78, 5) is 22.0. The van der Waals surface area contributed by atoms with Crippen LogP contribution in [-0.2, 0) is 0 Å². The Morgan fingerprint density at radius 3 is 2.70 bits per heavy atom. The zero-order chi connectivity index (χ0) is 14.5. The van der Waals surface area contributed by atoms with Crippen molar-refractivity contribution in [2.45, 2.75) is 6.92 Å². The van der Waals surface area contributed by atoms with E-state index in [0.29, 0.717) is 17.9 Å². The minimum Gasteiger partial charge on any atom is -0.370 e. The van der Waals surface area contributed by atoms with Gasteiger partial charge in [-0.15, -0.1) is 0 Å². The van der Waals surface area contributed by atoms with Crippen molar-refractivity contribution in [3.8, 4) is 0 Å². The monoisotopic (exact) mass is 290 g/mol. The number of halogens is 1. The van der Waals surface area contributed by atoms with Crippen LogP contribution < -0.4 is 10.2 Å². The summed E-state index contributed by atoms with van der Waals surface area (Å²) in [6.45, 7) is 2.66. The van der Waals surface area contributed by atoms with Crippen molar-refractivity contribution in [2.75, 3.05) is 23.8 Å². The smallest absolute Gasteiger partial charge is 0.258 e. The molecule has 1 amide bonds. The average Bonchev–Trinajstić information content (AvgIpc) is 2.46. The molecule has 0 saturated heterocycles. The lowest BCUT2D eigenvalue weighted by Crippen LogP contribution is -2.26. The molecule has 104 valence electrons. The van der Waals surface area contributed by atoms with Gasteiger partial charge >= 0.3 is 0 Å². The van der Waals surface area contributed by atoms with Gasteiger partial charge in [-0.25, -0.2) is 4.98 Å². The minimum atomic E-state index is -0.153. The summed E-state index contributed by atoms with van der Waals surface area (Å²) in [7, 11) is 1.71. The van der Waals surface area contributed by atoms with E-state index in [1.807, 2.05) is 6.92 Å². The maximum Gasteiger partial charge on any atom is 0.258 e. The highest BCUT2D eigenvalue weighted by Gasteiger charge is 2.15. The molecule has 6 heteroatoms. The van der Waals surface area contributed by atoms with E-state index < -0.39 is 0 Å². The molecule has 0 bridgehead atoms. The maximum absolute atomic E-state index is 12.4. The van der Waals surface area contributed by atoms with Crippen LogP contribution in [0.25, 0.3) is 0 Å². The molecule has 0 aliphatic heterocycles. The van der Waals surface area contributed by atoms with E-state index in [2.05, 4.69) is 15.3 Å². The third kappa shape index (κ3) is 3.24. The van der Waals surface area contributed by atoms with Gasteiger partial charge in [-0.05, 0) is 31.2 Å². The van der Waals surface area contributed by atoms with Crippen LogP contribution in [0.3, 0.4) is 0 Å². The summed E-state index contributed by atoms with van der Waals surface area (Å²) in [5, 5.41) is 3.33. The van der Waals surface area contributed by atoms with Crippen LogP contribution in [0, 0.1) is 0 Å². The van der Waals surface area contributed by atoms with Crippen LogP contribution in [0.4, 0.5) is 11.5 Å². The Balaban J connectivity index is 2.29. The SMILES string of the molecule is CCNc1cc(C(=O)N(C)c2ccncc2)cc(Cl)n1. The molecule has 0 atom stereocenters. The molecule has 0 aliphatic rings. The van der Waals surface area contributed by atoms with E-state index in [1.54, 1.807) is 48.6 Å².